The lowest BCUT2D eigenvalue weighted by atomic mass is 9.67. The summed E-state index contributed by atoms with van der Waals surface area (Å²) in [6.45, 7) is 0. The number of aliphatic hydroxyl groups is 2. The number of aromatic hydroxyl groups is 2. The van der Waals surface area contributed by atoms with Crippen molar-refractivity contribution in [2.75, 3.05) is 0 Å². The van der Waals surface area contributed by atoms with Crippen molar-refractivity contribution in [1.29, 1.82) is 10.5 Å². The summed E-state index contributed by atoms with van der Waals surface area (Å²) in [6.07, 6.45) is 15.6. The highest BCUT2D eigenvalue weighted by atomic mass is 16.3. The summed E-state index contributed by atoms with van der Waals surface area (Å²) >= 11 is 0. The van der Waals surface area contributed by atoms with Crippen LogP contribution >= 0.6 is 0 Å². The number of hydrogen-bond acceptors (Lipinski definition) is 6. The van der Waals surface area contributed by atoms with E-state index in [1.54, 1.807) is 0 Å². The van der Waals surface area contributed by atoms with Gasteiger partial charge in [0.05, 0.1) is 0 Å². The van der Waals surface area contributed by atoms with Crippen LogP contribution in [0.2, 0.25) is 0 Å². The van der Waals surface area contributed by atoms with Gasteiger partial charge in [0.25, 0.3) is 12.5 Å². The topological polar surface area (TPSA) is 128 Å². The van der Waals surface area contributed by atoms with Gasteiger partial charge in [-0.25, -0.2) is 0 Å². The molecular formula is C26H34N2O4. The Bertz CT molecular complexity index is 765. The third-order valence-electron chi connectivity index (χ3n) is 6.05. The van der Waals surface area contributed by atoms with E-state index in [1.165, 1.54) is 68.9 Å². The molecule has 0 aromatic heterocycles. The van der Waals surface area contributed by atoms with E-state index in [1.807, 2.05) is 24.3 Å². The lowest BCUT2D eigenvalue weighted by molar-refractivity contribution is 0.381. The predicted octanol–water partition coefficient (Wildman–Crippen LogP) is 6.37. The van der Waals surface area contributed by atoms with Gasteiger partial charge in [-0.2, -0.15) is 10.5 Å². The number of nitrogens with zero attached hydrogens (tertiary/aromatic N) is 2. The first kappa shape index (κ1) is 26.7. The second kappa shape index (κ2) is 15.4. The SMILES string of the molecule is N#CO.N#CO.Oc1ccc(C2(c3ccc(O)cc3)CCCCCCCCCCC2)cc1. The molecule has 0 aliphatic heterocycles. The number of nitriles is 2. The van der Waals surface area contributed by atoms with Crippen LogP contribution < -0.4 is 0 Å². The maximum absolute atomic E-state index is 9.76. The Kier molecular flexibility index (Phi) is 12.8. The van der Waals surface area contributed by atoms with Crippen molar-refractivity contribution in [2.45, 2.75) is 76.0 Å². The van der Waals surface area contributed by atoms with Crippen LogP contribution in [0.25, 0.3) is 0 Å². The number of hydrogen-bond donors (Lipinski definition) is 4. The zero-order valence-electron chi connectivity index (χ0n) is 18.6. The molecule has 4 N–H and O–H groups in total. The van der Waals surface area contributed by atoms with Gasteiger partial charge in [-0.3, -0.25) is 0 Å². The first-order chi connectivity index (χ1) is 15.5. The van der Waals surface area contributed by atoms with Crippen LogP contribution in [-0.4, -0.2) is 20.4 Å². The van der Waals surface area contributed by atoms with E-state index in [9.17, 15) is 10.2 Å². The second-order valence-corrected chi connectivity index (χ2v) is 8.06. The van der Waals surface area contributed by atoms with Gasteiger partial charge in [0, 0.05) is 5.41 Å². The molecule has 0 atom stereocenters. The van der Waals surface area contributed by atoms with Gasteiger partial charge in [0.2, 0.25) is 0 Å². The number of benzene rings is 2. The van der Waals surface area contributed by atoms with Crippen LogP contribution in [0, 0.1) is 23.0 Å². The highest BCUT2D eigenvalue weighted by molar-refractivity contribution is 5.43. The molecule has 1 saturated carbocycles. The largest absolute Gasteiger partial charge is 0.508 e. The summed E-state index contributed by atoms with van der Waals surface area (Å²) in [5.74, 6) is 0.644. The van der Waals surface area contributed by atoms with Gasteiger partial charge in [0.15, 0.2) is 0 Å². The van der Waals surface area contributed by atoms with Crippen LogP contribution in [0.15, 0.2) is 48.5 Å². The van der Waals surface area contributed by atoms with E-state index in [0.717, 1.165) is 25.4 Å². The molecule has 2 aromatic carbocycles. The molecular weight excluding hydrogens is 404 g/mol. The minimum absolute atomic E-state index is 0.0272. The smallest absolute Gasteiger partial charge is 0.283 e. The Hall–Kier alpha value is -3.38. The van der Waals surface area contributed by atoms with Crippen LogP contribution in [0.5, 0.6) is 11.5 Å². The standard InChI is InChI=1S/C24H32O2.2CHNO/c25-22-14-10-20(11-15-22)24(21-12-16-23(26)17-13-21)18-8-6-4-2-1-3-5-7-9-19-24;2*2-1-3/h10-17,25-26H,1-9,18-19H2;2*3H. The number of rotatable bonds is 2. The minimum Gasteiger partial charge on any atom is -0.508 e. The summed E-state index contributed by atoms with van der Waals surface area (Å²) in [5.41, 5.74) is 2.55. The van der Waals surface area contributed by atoms with Crippen LogP contribution in [-0.2, 0) is 5.41 Å². The Balaban J connectivity index is 0.000000769. The Morgan fingerprint density at radius 1 is 0.531 bits per heavy atom. The van der Waals surface area contributed by atoms with Crippen LogP contribution in [0.3, 0.4) is 0 Å². The van der Waals surface area contributed by atoms with Gasteiger partial charge in [-0.1, -0.05) is 82.1 Å². The van der Waals surface area contributed by atoms with Gasteiger partial charge in [0.1, 0.15) is 11.5 Å². The van der Waals surface area contributed by atoms with Crippen molar-refractivity contribution >= 4 is 0 Å². The third kappa shape index (κ3) is 8.78. The molecule has 3 rings (SSSR count). The third-order valence-corrected chi connectivity index (χ3v) is 6.05. The fourth-order valence-corrected chi connectivity index (χ4v) is 4.52. The average Bonchev–Trinajstić information content (AvgIpc) is 2.77. The molecule has 172 valence electrons. The molecule has 0 bridgehead atoms. The molecule has 6 nitrogen and oxygen atoms in total. The molecule has 1 aliphatic rings. The molecule has 0 spiro atoms. The Labute approximate surface area is 191 Å². The van der Waals surface area contributed by atoms with Gasteiger partial charge in [-0.15, -0.1) is 0 Å². The van der Waals surface area contributed by atoms with Gasteiger partial charge in [-0.05, 0) is 48.2 Å². The fraction of sp³-hybridized carbons (Fsp3) is 0.462. The Morgan fingerprint density at radius 2 is 0.781 bits per heavy atom. The van der Waals surface area contributed by atoms with Gasteiger partial charge < -0.3 is 20.4 Å². The second-order valence-electron chi connectivity index (χ2n) is 8.06. The highest BCUT2D eigenvalue weighted by Crippen LogP contribution is 2.43. The number of aliphatic hydroxyl groups excluding tert-OH is 2. The number of phenolic OH excluding ortho intramolecular Hbond substituents is 2. The molecule has 0 unspecified atom stereocenters. The van der Waals surface area contributed by atoms with E-state index >= 15 is 0 Å². The maximum Gasteiger partial charge on any atom is 0.283 e. The van der Waals surface area contributed by atoms with Crippen molar-refractivity contribution in [3.05, 3.63) is 59.7 Å². The van der Waals surface area contributed by atoms with E-state index < -0.39 is 0 Å². The number of phenols is 2. The summed E-state index contributed by atoms with van der Waals surface area (Å²) < 4.78 is 0. The maximum atomic E-state index is 9.76. The molecule has 2 aromatic rings. The molecule has 0 saturated heterocycles. The van der Waals surface area contributed by atoms with E-state index in [0.29, 0.717) is 11.5 Å². The normalized spacial score (nSPS) is 16.1. The predicted molar refractivity (Wildman–Crippen MR) is 123 cm³/mol. The molecule has 0 radical (unpaired) electrons. The first-order valence-electron chi connectivity index (χ1n) is 11.2. The highest BCUT2D eigenvalue weighted by Gasteiger charge is 2.33. The zero-order chi connectivity index (χ0) is 23.7. The summed E-state index contributed by atoms with van der Waals surface area (Å²) in [6, 6.07) is 15.6. The van der Waals surface area contributed by atoms with Crippen LogP contribution in [0.4, 0.5) is 0 Å². The van der Waals surface area contributed by atoms with E-state index in [2.05, 4.69) is 24.3 Å². The zero-order valence-corrected chi connectivity index (χ0v) is 18.6. The van der Waals surface area contributed by atoms with Crippen molar-refractivity contribution < 1.29 is 20.4 Å². The van der Waals surface area contributed by atoms with Crippen molar-refractivity contribution in [2.24, 2.45) is 0 Å². The minimum atomic E-state index is -0.0272. The lowest BCUT2D eigenvalue weighted by Gasteiger charge is -2.36. The summed E-state index contributed by atoms with van der Waals surface area (Å²) in [4.78, 5) is 0. The summed E-state index contributed by atoms with van der Waals surface area (Å²) in [5, 5.41) is 47.0. The molecule has 6 heteroatoms. The Morgan fingerprint density at radius 3 is 1.06 bits per heavy atom. The van der Waals surface area contributed by atoms with Crippen molar-refractivity contribution in [3.8, 4) is 24.0 Å². The van der Waals surface area contributed by atoms with E-state index in [4.69, 9.17) is 20.7 Å². The first-order valence-corrected chi connectivity index (χ1v) is 11.2. The fourth-order valence-electron chi connectivity index (χ4n) is 4.52. The van der Waals surface area contributed by atoms with Crippen molar-refractivity contribution in [1.82, 2.24) is 0 Å². The summed E-state index contributed by atoms with van der Waals surface area (Å²) in [7, 11) is 0. The molecule has 32 heavy (non-hydrogen) atoms. The average molecular weight is 439 g/mol. The van der Waals surface area contributed by atoms with Crippen LogP contribution in [0.1, 0.15) is 81.8 Å². The molecule has 1 fully saturated rings. The van der Waals surface area contributed by atoms with E-state index in [-0.39, 0.29) is 5.41 Å². The lowest BCUT2D eigenvalue weighted by Crippen LogP contribution is -2.28. The quantitative estimate of drug-likeness (QED) is 0.403. The molecule has 0 heterocycles. The molecule has 0 amide bonds. The van der Waals surface area contributed by atoms with Crippen molar-refractivity contribution in [3.63, 3.8) is 0 Å². The molecule has 1 aliphatic carbocycles. The monoisotopic (exact) mass is 438 g/mol. The van der Waals surface area contributed by atoms with Gasteiger partial charge >= 0.3 is 0 Å².